The largest absolute Gasteiger partial charge is 0.390 e. The third kappa shape index (κ3) is 6.49. The van der Waals surface area contributed by atoms with E-state index in [1.165, 1.54) is 17.0 Å². The number of rotatable bonds is 6. The number of aromatic nitrogens is 1. The van der Waals surface area contributed by atoms with Gasteiger partial charge in [-0.05, 0) is 25.6 Å². The van der Waals surface area contributed by atoms with E-state index in [4.69, 9.17) is 0 Å². The van der Waals surface area contributed by atoms with Crippen LogP contribution in [-0.4, -0.2) is 41.3 Å². The van der Waals surface area contributed by atoms with E-state index in [0.717, 1.165) is 6.20 Å². The fourth-order valence-corrected chi connectivity index (χ4v) is 1.50. The van der Waals surface area contributed by atoms with Crippen LogP contribution >= 0.6 is 0 Å². The first kappa shape index (κ1) is 15.8. The quantitative estimate of drug-likeness (QED) is 0.813. The van der Waals surface area contributed by atoms with E-state index in [-0.39, 0.29) is 13.0 Å². The van der Waals surface area contributed by atoms with E-state index in [0.29, 0.717) is 12.2 Å². The normalized spacial score (nSPS) is 13.8. The zero-order valence-corrected chi connectivity index (χ0v) is 10.5. The van der Waals surface area contributed by atoms with Crippen molar-refractivity contribution >= 4 is 0 Å². The topological polar surface area (TPSA) is 36.4 Å². The summed E-state index contributed by atoms with van der Waals surface area (Å²) in [5.41, 5.74) is 0.311. The summed E-state index contributed by atoms with van der Waals surface area (Å²) in [6.07, 6.45) is -4.73. The molecule has 0 aliphatic rings. The molecule has 0 bridgehead atoms. The SMILES string of the molecule is CN(CCC(O)c1ccc(F)cn1)CCC(F)(F)F. The molecule has 0 fully saturated rings. The minimum Gasteiger partial charge on any atom is -0.387 e. The summed E-state index contributed by atoms with van der Waals surface area (Å²) in [6.45, 7) is 0.184. The van der Waals surface area contributed by atoms with Crippen molar-refractivity contribution in [3.05, 3.63) is 29.8 Å². The van der Waals surface area contributed by atoms with Gasteiger partial charge in [0.05, 0.1) is 24.4 Å². The molecule has 0 spiro atoms. The summed E-state index contributed by atoms with van der Waals surface area (Å²) >= 11 is 0. The zero-order chi connectivity index (χ0) is 14.5. The monoisotopic (exact) mass is 280 g/mol. The minimum absolute atomic E-state index is 0.118. The molecule has 0 radical (unpaired) electrons. The molecule has 0 saturated carbocycles. The highest BCUT2D eigenvalue weighted by molar-refractivity contribution is 5.07. The van der Waals surface area contributed by atoms with Crippen molar-refractivity contribution in [3.63, 3.8) is 0 Å². The third-order valence-electron chi connectivity index (χ3n) is 2.65. The summed E-state index contributed by atoms with van der Waals surface area (Å²) in [6, 6.07) is 2.54. The first-order valence-corrected chi connectivity index (χ1v) is 5.83. The van der Waals surface area contributed by atoms with Gasteiger partial charge in [-0.1, -0.05) is 0 Å². The van der Waals surface area contributed by atoms with Gasteiger partial charge in [0.1, 0.15) is 5.82 Å². The van der Waals surface area contributed by atoms with E-state index >= 15 is 0 Å². The Morgan fingerprint density at radius 1 is 1.32 bits per heavy atom. The van der Waals surface area contributed by atoms with Crippen LogP contribution in [0.1, 0.15) is 24.6 Å². The molecule has 0 saturated heterocycles. The van der Waals surface area contributed by atoms with Crippen LogP contribution in [0.5, 0.6) is 0 Å². The highest BCUT2D eigenvalue weighted by atomic mass is 19.4. The van der Waals surface area contributed by atoms with E-state index in [2.05, 4.69) is 4.98 Å². The highest BCUT2D eigenvalue weighted by Gasteiger charge is 2.27. The molecule has 1 unspecified atom stereocenters. The first-order chi connectivity index (χ1) is 8.78. The van der Waals surface area contributed by atoms with Gasteiger partial charge in [0, 0.05) is 13.1 Å². The molecule has 108 valence electrons. The van der Waals surface area contributed by atoms with Crippen molar-refractivity contribution < 1.29 is 22.7 Å². The number of alkyl halides is 3. The van der Waals surface area contributed by atoms with Crippen molar-refractivity contribution in [2.45, 2.75) is 25.1 Å². The lowest BCUT2D eigenvalue weighted by atomic mass is 10.1. The minimum atomic E-state index is -4.18. The van der Waals surface area contributed by atoms with Gasteiger partial charge in [0.25, 0.3) is 0 Å². The Morgan fingerprint density at radius 2 is 2.00 bits per heavy atom. The summed E-state index contributed by atoms with van der Waals surface area (Å²) in [7, 11) is 1.55. The second kappa shape index (κ2) is 6.81. The van der Waals surface area contributed by atoms with E-state index in [9.17, 15) is 22.7 Å². The fraction of sp³-hybridized carbons (Fsp3) is 0.583. The number of aliphatic hydroxyl groups excluding tert-OH is 1. The van der Waals surface area contributed by atoms with Crippen LogP contribution in [-0.2, 0) is 0 Å². The summed E-state index contributed by atoms with van der Waals surface area (Å²) in [5.74, 6) is -0.502. The van der Waals surface area contributed by atoms with Gasteiger partial charge in [0.2, 0.25) is 0 Å². The summed E-state index contributed by atoms with van der Waals surface area (Å²) in [4.78, 5) is 5.20. The highest BCUT2D eigenvalue weighted by Crippen LogP contribution is 2.20. The molecule has 7 heteroatoms. The number of nitrogens with zero attached hydrogens (tertiary/aromatic N) is 2. The molecule has 0 aliphatic heterocycles. The summed E-state index contributed by atoms with van der Waals surface area (Å²) < 4.78 is 48.6. The van der Waals surface area contributed by atoms with Crippen LogP contribution in [0.25, 0.3) is 0 Å². The number of aliphatic hydroxyl groups is 1. The van der Waals surface area contributed by atoms with Crippen molar-refractivity contribution in [1.29, 1.82) is 0 Å². The van der Waals surface area contributed by atoms with Crippen molar-refractivity contribution in [3.8, 4) is 0 Å². The number of hydrogen-bond donors (Lipinski definition) is 1. The van der Waals surface area contributed by atoms with E-state index in [1.54, 1.807) is 7.05 Å². The maximum atomic E-state index is 12.6. The molecule has 0 aromatic carbocycles. The Morgan fingerprint density at radius 3 is 2.53 bits per heavy atom. The molecule has 1 N–H and O–H groups in total. The van der Waals surface area contributed by atoms with Gasteiger partial charge in [-0.3, -0.25) is 4.98 Å². The van der Waals surface area contributed by atoms with E-state index < -0.39 is 24.5 Å². The van der Waals surface area contributed by atoms with Crippen LogP contribution in [0.15, 0.2) is 18.3 Å². The molecule has 1 aromatic heterocycles. The predicted molar refractivity (Wildman–Crippen MR) is 61.9 cm³/mol. The molecule has 0 aliphatic carbocycles. The van der Waals surface area contributed by atoms with Crippen molar-refractivity contribution in [2.24, 2.45) is 0 Å². The first-order valence-electron chi connectivity index (χ1n) is 5.83. The Bertz CT molecular complexity index is 380. The van der Waals surface area contributed by atoms with Gasteiger partial charge in [0.15, 0.2) is 0 Å². The number of halogens is 4. The van der Waals surface area contributed by atoms with Crippen molar-refractivity contribution in [1.82, 2.24) is 9.88 Å². The molecule has 0 amide bonds. The zero-order valence-electron chi connectivity index (χ0n) is 10.5. The average Bonchev–Trinajstić information content (AvgIpc) is 2.33. The number of hydrogen-bond acceptors (Lipinski definition) is 3. The second-order valence-corrected chi connectivity index (χ2v) is 4.37. The lowest BCUT2D eigenvalue weighted by molar-refractivity contribution is -0.137. The van der Waals surface area contributed by atoms with Gasteiger partial charge in [-0.15, -0.1) is 0 Å². The maximum absolute atomic E-state index is 12.6. The second-order valence-electron chi connectivity index (χ2n) is 4.37. The molecule has 1 atom stereocenters. The standard InChI is InChI=1S/C12H16F4N2O/c1-18(7-5-12(14,15)16)6-4-11(19)10-3-2-9(13)8-17-10/h2-3,8,11,19H,4-7H2,1H3. The Labute approximate surface area is 108 Å². The van der Waals surface area contributed by atoms with Gasteiger partial charge in [-0.25, -0.2) is 4.39 Å². The van der Waals surface area contributed by atoms with Crippen LogP contribution in [0.3, 0.4) is 0 Å². The summed E-state index contributed by atoms with van der Waals surface area (Å²) in [5, 5.41) is 9.75. The Hall–Kier alpha value is -1.21. The molecule has 1 heterocycles. The lowest BCUT2D eigenvalue weighted by Crippen LogP contribution is -2.26. The van der Waals surface area contributed by atoms with Crippen LogP contribution < -0.4 is 0 Å². The average molecular weight is 280 g/mol. The molecule has 19 heavy (non-hydrogen) atoms. The third-order valence-corrected chi connectivity index (χ3v) is 2.65. The maximum Gasteiger partial charge on any atom is 0.390 e. The fourth-order valence-electron chi connectivity index (χ4n) is 1.50. The molecular formula is C12H16F4N2O. The van der Waals surface area contributed by atoms with Gasteiger partial charge in [-0.2, -0.15) is 13.2 Å². The Balaban J connectivity index is 2.33. The van der Waals surface area contributed by atoms with Gasteiger partial charge >= 0.3 is 6.18 Å². The van der Waals surface area contributed by atoms with E-state index in [1.807, 2.05) is 0 Å². The molecule has 3 nitrogen and oxygen atoms in total. The van der Waals surface area contributed by atoms with Crippen LogP contribution in [0.4, 0.5) is 17.6 Å². The molecule has 1 aromatic rings. The van der Waals surface area contributed by atoms with Gasteiger partial charge < -0.3 is 10.0 Å². The van der Waals surface area contributed by atoms with Crippen LogP contribution in [0.2, 0.25) is 0 Å². The van der Waals surface area contributed by atoms with Crippen LogP contribution in [0, 0.1) is 5.82 Å². The lowest BCUT2D eigenvalue weighted by Gasteiger charge is -2.19. The molecule has 1 rings (SSSR count). The van der Waals surface area contributed by atoms with Crippen molar-refractivity contribution in [2.75, 3.05) is 20.1 Å². The Kier molecular flexibility index (Phi) is 5.68. The smallest absolute Gasteiger partial charge is 0.387 e. The predicted octanol–water partition coefficient (Wildman–Crippen LogP) is 2.53. The molecular weight excluding hydrogens is 264 g/mol. The number of pyridine rings is 1.